The third kappa shape index (κ3) is 8.82. The van der Waals surface area contributed by atoms with Crippen LogP contribution in [0.15, 0.2) is 41.3 Å². The lowest BCUT2D eigenvalue weighted by atomic mass is 10.0. The minimum Gasteiger partial charge on any atom is -0.352 e. The summed E-state index contributed by atoms with van der Waals surface area (Å²) in [6.07, 6.45) is 1.83. The summed E-state index contributed by atoms with van der Waals surface area (Å²) in [6, 6.07) is 7.39. The van der Waals surface area contributed by atoms with Gasteiger partial charge in [0.25, 0.3) is 5.91 Å². The van der Waals surface area contributed by atoms with Gasteiger partial charge in [0.2, 0.25) is 21.8 Å². The lowest BCUT2D eigenvalue weighted by Crippen LogP contribution is -2.56. The third-order valence-electron chi connectivity index (χ3n) is 7.38. The SMILES string of the molecule is CN(C)CCCC(=O)Nc1cccc(S(=O)(=O)N2CCC(NC(=O)C3NNCC3NC(=O)c3c(Cl)cc(Cl)cc3Cl)CC2)c1. The van der Waals surface area contributed by atoms with Crippen LogP contribution in [0.2, 0.25) is 15.1 Å². The first kappa shape index (κ1) is 34.4. The zero-order valence-electron chi connectivity index (χ0n) is 24.3. The van der Waals surface area contributed by atoms with Crippen LogP contribution >= 0.6 is 34.8 Å². The van der Waals surface area contributed by atoms with Gasteiger partial charge in [-0.15, -0.1) is 0 Å². The molecule has 0 aliphatic carbocycles. The summed E-state index contributed by atoms with van der Waals surface area (Å²) < 4.78 is 28.1. The molecule has 2 aromatic carbocycles. The van der Waals surface area contributed by atoms with E-state index in [9.17, 15) is 22.8 Å². The number of hydrogen-bond donors (Lipinski definition) is 5. The molecule has 4 rings (SSSR count). The van der Waals surface area contributed by atoms with E-state index < -0.39 is 28.0 Å². The predicted octanol–water partition coefficient (Wildman–Crippen LogP) is 2.47. The summed E-state index contributed by atoms with van der Waals surface area (Å²) in [5.41, 5.74) is 6.24. The van der Waals surface area contributed by atoms with Gasteiger partial charge in [0.05, 0.1) is 26.5 Å². The van der Waals surface area contributed by atoms with Crippen LogP contribution < -0.4 is 26.8 Å². The normalized spacial score (nSPS) is 19.6. The summed E-state index contributed by atoms with van der Waals surface area (Å²) in [6.45, 7) is 1.47. The van der Waals surface area contributed by atoms with Gasteiger partial charge in [-0.2, -0.15) is 4.31 Å². The van der Waals surface area contributed by atoms with Crippen molar-refractivity contribution in [3.05, 3.63) is 57.0 Å². The highest BCUT2D eigenvalue weighted by atomic mass is 35.5. The Bertz CT molecular complexity index is 1460. The molecule has 44 heavy (non-hydrogen) atoms. The van der Waals surface area contributed by atoms with Gasteiger partial charge in [-0.1, -0.05) is 40.9 Å². The molecule has 2 saturated heterocycles. The van der Waals surface area contributed by atoms with Gasteiger partial charge in [-0.25, -0.2) is 13.8 Å². The molecule has 0 bridgehead atoms. The largest absolute Gasteiger partial charge is 0.352 e. The molecular formula is C28H36Cl3N7O5S. The number of benzene rings is 2. The Labute approximate surface area is 272 Å². The van der Waals surface area contributed by atoms with Crippen molar-refractivity contribution in [2.75, 3.05) is 45.6 Å². The smallest absolute Gasteiger partial charge is 0.254 e. The second-order valence-electron chi connectivity index (χ2n) is 11.0. The molecule has 2 fully saturated rings. The van der Waals surface area contributed by atoms with Crippen LogP contribution in [0.3, 0.4) is 0 Å². The third-order valence-corrected chi connectivity index (χ3v) is 10.1. The van der Waals surface area contributed by atoms with Gasteiger partial charge >= 0.3 is 0 Å². The summed E-state index contributed by atoms with van der Waals surface area (Å²) in [7, 11) is 0.0552. The molecule has 16 heteroatoms. The minimum absolute atomic E-state index is 0.0605. The summed E-state index contributed by atoms with van der Waals surface area (Å²) in [5.74, 6) is -1.07. The van der Waals surface area contributed by atoms with E-state index in [1.165, 1.54) is 28.6 Å². The number of hydrogen-bond acceptors (Lipinski definition) is 8. The number of nitrogens with zero attached hydrogens (tertiary/aromatic N) is 2. The van der Waals surface area contributed by atoms with Crippen molar-refractivity contribution < 1.29 is 22.8 Å². The van der Waals surface area contributed by atoms with Crippen LogP contribution in [0.1, 0.15) is 36.0 Å². The maximum Gasteiger partial charge on any atom is 0.254 e. The molecule has 0 spiro atoms. The lowest BCUT2D eigenvalue weighted by Gasteiger charge is -2.32. The Kier molecular flexibility index (Phi) is 11.9. The van der Waals surface area contributed by atoms with E-state index in [-0.39, 0.29) is 58.0 Å². The number of amides is 3. The van der Waals surface area contributed by atoms with Gasteiger partial charge in [-0.05, 0) is 70.2 Å². The summed E-state index contributed by atoms with van der Waals surface area (Å²) >= 11 is 18.3. The number of carbonyl (C=O) groups is 3. The van der Waals surface area contributed by atoms with E-state index in [4.69, 9.17) is 34.8 Å². The molecular weight excluding hydrogens is 653 g/mol. The number of rotatable bonds is 11. The fourth-order valence-corrected chi connectivity index (χ4v) is 7.58. The summed E-state index contributed by atoms with van der Waals surface area (Å²) in [5, 5.41) is 9.00. The molecule has 2 aliphatic heterocycles. The first-order chi connectivity index (χ1) is 20.8. The van der Waals surface area contributed by atoms with Gasteiger partial charge < -0.3 is 20.9 Å². The van der Waals surface area contributed by atoms with Gasteiger partial charge in [0.1, 0.15) is 6.04 Å². The number of anilines is 1. The molecule has 3 amide bonds. The first-order valence-electron chi connectivity index (χ1n) is 14.1. The van der Waals surface area contributed by atoms with Crippen molar-refractivity contribution in [2.45, 2.75) is 48.7 Å². The van der Waals surface area contributed by atoms with Crippen molar-refractivity contribution in [1.82, 2.24) is 30.7 Å². The first-order valence-corrected chi connectivity index (χ1v) is 16.7. The number of piperidine rings is 1. The van der Waals surface area contributed by atoms with E-state index >= 15 is 0 Å². The maximum absolute atomic E-state index is 13.4. The molecule has 2 heterocycles. The van der Waals surface area contributed by atoms with E-state index in [0.717, 1.165) is 6.54 Å². The highest BCUT2D eigenvalue weighted by molar-refractivity contribution is 7.89. The highest BCUT2D eigenvalue weighted by Gasteiger charge is 2.37. The zero-order chi connectivity index (χ0) is 32.0. The predicted molar refractivity (Wildman–Crippen MR) is 170 cm³/mol. The Morgan fingerprint density at radius 2 is 1.70 bits per heavy atom. The Hall–Kier alpha value is -2.49. The number of halogens is 3. The molecule has 0 aromatic heterocycles. The highest BCUT2D eigenvalue weighted by Crippen LogP contribution is 2.29. The minimum atomic E-state index is -3.81. The Morgan fingerprint density at radius 3 is 2.36 bits per heavy atom. The molecule has 5 N–H and O–H groups in total. The molecule has 12 nitrogen and oxygen atoms in total. The van der Waals surface area contributed by atoms with Crippen LogP contribution in [0.4, 0.5) is 5.69 Å². The number of carbonyl (C=O) groups excluding carboxylic acids is 3. The van der Waals surface area contributed by atoms with Crippen molar-refractivity contribution in [2.24, 2.45) is 0 Å². The molecule has 0 radical (unpaired) electrons. The second kappa shape index (κ2) is 15.2. The average molecular weight is 689 g/mol. The molecule has 2 aromatic rings. The van der Waals surface area contributed by atoms with E-state index in [1.807, 2.05) is 19.0 Å². The fourth-order valence-electron chi connectivity index (χ4n) is 5.07. The number of hydrazine groups is 1. The Balaban J connectivity index is 1.30. The van der Waals surface area contributed by atoms with Crippen molar-refractivity contribution in [1.29, 1.82) is 0 Å². The quantitative estimate of drug-likeness (QED) is 0.242. The topological polar surface area (TPSA) is 152 Å². The van der Waals surface area contributed by atoms with E-state index in [1.54, 1.807) is 12.1 Å². The van der Waals surface area contributed by atoms with Gasteiger partial charge in [-0.3, -0.25) is 19.8 Å². The van der Waals surface area contributed by atoms with Crippen LogP contribution in [0.5, 0.6) is 0 Å². The van der Waals surface area contributed by atoms with Crippen molar-refractivity contribution in [3.63, 3.8) is 0 Å². The van der Waals surface area contributed by atoms with Crippen LogP contribution in [0.25, 0.3) is 0 Å². The van der Waals surface area contributed by atoms with Crippen LogP contribution in [0, 0.1) is 0 Å². The standard InChI is InChI=1S/C28H36Cl3N7O5S/c1-37(2)10-4-7-24(39)33-19-5-3-6-20(15-19)44(42,43)38-11-8-18(9-12-38)34-28(41)26-23(16-32-36-26)35-27(40)25-21(30)13-17(29)14-22(25)31/h3,5-6,13-15,18,23,26,32,36H,4,7-12,16H2,1-2H3,(H,33,39)(H,34,41)(H,35,40). The van der Waals surface area contributed by atoms with E-state index in [2.05, 4.69) is 26.8 Å². The monoisotopic (exact) mass is 687 g/mol. The molecule has 2 unspecified atom stereocenters. The van der Waals surface area contributed by atoms with Gasteiger partial charge in [0, 0.05) is 42.8 Å². The molecule has 2 aliphatic rings. The maximum atomic E-state index is 13.4. The van der Waals surface area contributed by atoms with Gasteiger partial charge in [0.15, 0.2) is 0 Å². The molecule has 2 atom stereocenters. The number of nitrogens with one attached hydrogen (secondary N) is 5. The van der Waals surface area contributed by atoms with Crippen LogP contribution in [-0.4, -0.2) is 93.7 Å². The molecule has 240 valence electrons. The zero-order valence-corrected chi connectivity index (χ0v) is 27.4. The molecule has 0 saturated carbocycles. The summed E-state index contributed by atoms with van der Waals surface area (Å²) in [4.78, 5) is 40.4. The average Bonchev–Trinajstić information content (AvgIpc) is 3.41. The van der Waals surface area contributed by atoms with E-state index in [0.29, 0.717) is 36.4 Å². The Morgan fingerprint density at radius 1 is 1.02 bits per heavy atom. The van der Waals surface area contributed by atoms with Crippen molar-refractivity contribution >= 4 is 68.2 Å². The van der Waals surface area contributed by atoms with Crippen molar-refractivity contribution in [3.8, 4) is 0 Å². The van der Waals surface area contributed by atoms with Crippen LogP contribution in [-0.2, 0) is 19.6 Å². The number of sulfonamides is 1. The fraction of sp³-hybridized carbons (Fsp3) is 0.464. The second-order valence-corrected chi connectivity index (χ2v) is 14.2. The lowest BCUT2D eigenvalue weighted by molar-refractivity contribution is -0.124.